The first-order chi connectivity index (χ1) is 15.8. The molecule has 0 aliphatic carbocycles. The lowest BCUT2D eigenvalue weighted by Crippen LogP contribution is -2.29. The van der Waals surface area contributed by atoms with E-state index in [2.05, 4.69) is 21.2 Å². The molecule has 0 aliphatic rings. The van der Waals surface area contributed by atoms with Crippen LogP contribution in [0.15, 0.2) is 77.3 Å². The fourth-order valence-electron chi connectivity index (χ4n) is 3.09. The van der Waals surface area contributed by atoms with E-state index in [1.54, 1.807) is 55.6 Å². The van der Waals surface area contributed by atoms with E-state index in [9.17, 15) is 13.2 Å². The molecule has 0 spiro atoms. The Kier molecular flexibility index (Phi) is 8.35. The van der Waals surface area contributed by atoms with Gasteiger partial charge in [-0.15, -0.1) is 0 Å². The van der Waals surface area contributed by atoms with E-state index >= 15 is 0 Å². The number of methoxy groups -OCH3 is 1. The molecule has 3 aromatic rings. The first-order valence-electron chi connectivity index (χ1n) is 10.1. The summed E-state index contributed by atoms with van der Waals surface area (Å²) in [6.07, 6.45) is 1.17. The molecule has 0 fully saturated rings. The first kappa shape index (κ1) is 24.6. The number of hydrogen-bond donors (Lipinski definition) is 1. The van der Waals surface area contributed by atoms with Gasteiger partial charge < -0.3 is 14.8 Å². The molecule has 0 radical (unpaired) electrons. The fraction of sp³-hybridized carbons (Fsp3) is 0.208. The number of nitrogens with zero attached hydrogens (tertiary/aromatic N) is 1. The Labute approximate surface area is 202 Å². The van der Waals surface area contributed by atoms with Crippen LogP contribution >= 0.6 is 15.9 Å². The number of benzene rings is 3. The SMILES string of the molecule is COc1cccc(OCCNC(=O)c2ccc(CN(c3cccc(Br)c3)S(C)(=O)=O)cc2)c1. The van der Waals surface area contributed by atoms with Crippen LogP contribution in [0.2, 0.25) is 0 Å². The highest BCUT2D eigenvalue weighted by molar-refractivity contribution is 9.10. The average molecular weight is 533 g/mol. The zero-order valence-electron chi connectivity index (χ0n) is 18.3. The van der Waals surface area contributed by atoms with Crippen molar-refractivity contribution in [1.82, 2.24) is 5.32 Å². The molecule has 33 heavy (non-hydrogen) atoms. The highest BCUT2D eigenvalue weighted by atomic mass is 79.9. The van der Waals surface area contributed by atoms with E-state index in [4.69, 9.17) is 9.47 Å². The van der Waals surface area contributed by atoms with E-state index in [1.807, 2.05) is 24.3 Å². The Hall–Kier alpha value is -3.04. The van der Waals surface area contributed by atoms with Gasteiger partial charge >= 0.3 is 0 Å². The van der Waals surface area contributed by atoms with E-state index < -0.39 is 10.0 Å². The second-order valence-electron chi connectivity index (χ2n) is 7.23. The molecule has 1 amide bonds. The van der Waals surface area contributed by atoms with Crippen molar-refractivity contribution in [2.45, 2.75) is 6.54 Å². The molecule has 3 aromatic carbocycles. The minimum atomic E-state index is -3.49. The lowest BCUT2D eigenvalue weighted by molar-refractivity contribution is 0.0947. The van der Waals surface area contributed by atoms with Gasteiger partial charge in [-0.25, -0.2) is 8.42 Å². The summed E-state index contributed by atoms with van der Waals surface area (Å²) in [5.41, 5.74) is 1.80. The second kappa shape index (κ2) is 11.2. The molecule has 0 aromatic heterocycles. The van der Waals surface area contributed by atoms with Crippen LogP contribution in [0, 0.1) is 0 Å². The number of rotatable bonds is 10. The third-order valence-corrected chi connectivity index (χ3v) is 6.37. The van der Waals surface area contributed by atoms with Gasteiger partial charge in [0.15, 0.2) is 0 Å². The number of anilines is 1. The number of nitrogens with one attached hydrogen (secondary N) is 1. The van der Waals surface area contributed by atoms with Crippen LogP contribution in [0.4, 0.5) is 5.69 Å². The summed E-state index contributed by atoms with van der Waals surface area (Å²) < 4.78 is 37.6. The van der Waals surface area contributed by atoms with Crippen LogP contribution in [0.1, 0.15) is 15.9 Å². The monoisotopic (exact) mass is 532 g/mol. The van der Waals surface area contributed by atoms with Crippen LogP contribution in [0.25, 0.3) is 0 Å². The number of carbonyl (C=O) groups is 1. The summed E-state index contributed by atoms with van der Waals surface area (Å²) in [5, 5.41) is 2.81. The minimum Gasteiger partial charge on any atom is -0.497 e. The molecule has 3 rings (SSSR count). The Balaban J connectivity index is 1.56. The third kappa shape index (κ3) is 7.23. The molecule has 0 bridgehead atoms. The topological polar surface area (TPSA) is 84.9 Å². The molecule has 0 atom stereocenters. The Morgan fingerprint density at radius 3 is 2.36 bits per heavy atom. The van der Waals surface area contributed by atoms with Crippen molar-refractivity contribution in [1.29, 1.82) is 0 Å². The van der Waals surface area contributed by atoms with Crippen LogP contribution in [-0.4, -0.2) is 40.8 Å². The smallest absolute Gasteiger partial charge is 0.251 e. The van der Waals surface area contributed by atoms with Crippen molar-refractivity contribution < 1.29 is 22.7 Å². The van der Waals surface area contributed by atoms with Gasteiger partial charge in [-0.2, -0.15) is 0 Å². The van der Waals surface area contributed by atoms with E-state index in [0.717, 1.165) is 10.0 Å². The van der Waals surface area contributed by atoms with Crippen molar-refractivity contribution in [3.05, 3.63) is 88.4 Å². The minimum absolute atomic E-state index is 0.158. The lowest BCUT2D eigenvalue weighted by Gasteiger charge is -2.23. The first-order valence-corrected chi connectivity index (χ1v) is 12.8. The molecule has 0 saturated carbocycles. The van der Waals surface area contributed by atoms with E-state index in [0.29, 0.717) is 35.9 Å². The lowest BCUT2D eigenvalue weighted by atomic mass is 10.1. The predicted octanol–water partition coefficient (Wildman–Crippen LogP) is 4.23. The molecular formula is C24H25BrN2O5S. The van der Waals surface area contributed by atoms with Gasteiger partial charge in [0, 0.05) is 16.1 Å². The molecule has 9 heteroatoms. The van der Waals surface area contributed by atoms with Crippen LogP contribution < -0.4 is 19.1 Å². The Morgan fingerprint density at radius 2 is 1.70 bits per heavy atom. The zero-order chi connectivity index (χ0) is 23.8. The summed E-state index contributed by atoms with van der Waals surface area (Å²) >= 11 is 3.37. The van der Waals surface area contributed by atoms with Crippen LogP contribution in [-0.2, 0) is 16.6 Å². The molecule has 0 unspecified atom stereocenters. The summed E-state index contributed by atoms with van der Waals surface area (Å²) in [6.45, 7) is 0.807. The molecule has 0 heterocycles. The number of amides is 1. The summed E-state index contributed by atoms with van der Waals surface area (Å²) in [4.78, 5) is 12.4. The van der Waals surface area contributed by atoms with Gasteiger partial charge in [0.2, 0.25) is 10.0 Å². The summed E-state index contributed by atoms with van der Waals surface area (Å²) in [6, 6.07) is 21.2. The van der Waals surface area contributed by atoms with Crippen molar-refractivity contribution in [3.63, 3.8) is 0 Å². The van der Waals surface area contributed by atoms with E-state index in [1.165, 1.54) is 10.6 Å². The second-order valence-corrected chi connectivity index (χ2v) is 10.1. The maximum absolute atomic E-state index is 12.4. The van der Waals surface area contributed by atoms with Crippen LogP contribution in [0.3, 0.4) is 0 Å². The highest BCUT2D eigenvalue weighted by Crippen LogP contribution is 2.24. The molecule has 1 N–H and O–H groups in total. The van der Waals surface area contributed by atoms with Crippen molar-refractivity contribution in [2.75, 3.05) is 30.8 Å². The third-order valence-electron chi connectivity index (χ3n) is 4.74. The van der Waals surface area contributed by atoms with Gasteiger partial charge in [0.05, 0.1) is 32.1 Å². The Morgan fingerprint density at radius 1 is 1.00 bits per heavy atom. The van der Waals surface area contributed by atoms with Gasteiger partial charge in [-0.3, -0.25) is 9.10 Å². The maximum Gasteiger partial charge on any atom is 0.251 e. The molecule has 0 saturated heterocycles. The quantitative estimate of drug-likeness (QED) is 0.395. The van der Waals surface area contributed by atoms with Gasteiger partial charge in [0.25, 0.3) is 5.91 Å². The number of ether oxygens (including phenoxy) is 2. The predicted molar refractivity (Wildman–Crippen MR) is 132 cm³/mol. The van der Waals surface area contributed by atoms with Crippen LogP contribution in [0.5, 0.6) is 11.5 Å². The zero-order valence-corrected chi connectivity index (χ0v) is 20.7. The van der Waals surface area contributed by atoms with Crippen molar-refractivity contribution in [3.8, 4) is 11.5 Å². The number of halogens is 1. The largest absolute Gasteiger partial charge is 0.497 e. The molecular weight excluding hydrogens is 508 g/mol. The maximum atomic E-state index is 12.4. The summed E-state index contributed by atoms with van der Waals surface area (Å²) in [7, 11) is -1.90. The number of carbonyl (C=O) groups excluding carboxylic acids is 1. The standard InChI is InChI=1S/C24H25BrN2O5S/c1-31-22-7-4-8-23(16-22)32-14-13-26-24(28)19-11-9-18(10-12-19)17-27(33(2,29)30)21-6-3-5-20(25)15-21/h3-12,15-16H,13-14,17H2,1-2H3,(H,26,28). The molecule has 174 valence electrons. The fourth-order valence-corrected chi connectivity index (χ4v) is 4.35. The van der Waals surface area contributed by atoms with E-state index in [-0.39, 0.29) is 12.5 Å². The van der Waals surface area contributed by atoms with Gasteiger partial charge in [-0.05, 0) is 48.0 Å². The van der Waals surface area contributed by atoms with Crippen molar-refractivity contribution in [2.24, 2.45) is 0 Å². The van der Waals surface area contributed by atoms with Gasteiger partial charge in [0.1, 0.15) is 18.1 Å². The number of hydrogen-bond acceptors (Lipinski definition) is 5. The highest BCUT2D eigenvalue weighted by Gasteiger charge is 2.18. The van der Waals surface area contributed by atoms with Gasteiger partial charge in [-0.1, -0.05) is 40.2 Å². The summed E-state index contributed by atoms with van der Waals surface area (Å²) in [5.74, 6) is 1.13. The van der Waals surface area contributed by atoms with Crippen molar-refractivity contribution >= 4 is 37.5 Å². The Bertz CT molecular complexity index is 1200. The normalized spacial score (nSPS) is 11.0. The molecule has 7 nitrogen and oxygen atoms in total. The molecule has 0 aliphatic heterocycles. The average Bonchev–Trinajstić information content (AvgIpc) is 2.80. The number of sulfonamides is 1.